The molecule has 1 heterocycles. The molecule has 1 aromatic carbocycles. The molecule has 0 radical (unpaired) electrons. The number of nitrogens with zero attached hydrogens (tertiary/aromatic N) is 3. The van der Waals surface area contributed by atoms with Gasteiger partial charge in [0.2, 0.25) is 0 Å². The van der Waals surface area contributed by atoms with E-state index in [1.54, 1.807) is 6.21 Å². The Morgan fingerprint density at radius 1 is 1.29 bits per heavy atom. The largest absolute Gasteiger partial charge is 0.297 e. The molecular formula is C18H21N3. The van der Waals surface area contributed by atoms with Gasteiger partial charge in [-0.1, -0.05) is 37.4 Å². The Hall–Kier alpha value is -2.18. The van der Waals surface area contributed by atoms with E-state index in [-0.39, 0.29) is 5.70 Å². The van der Waals surface area contributed by atoms with Crippen LogP contribution in [0.2, 0.25) is 0 Å². The highest BCUT2D eigenvalue weighted by atomic mass is 15.2. The SMILES string of the molecule is C=C(C#N)N=CC(=C)c1ccc(C(C)N2CCCC2)cc1. The van der Waals surface area contributed by atoms with Crippen LogP contribution in [0, 0.1) is 11.3 Å². The van der Waals surface area contributed by atoms with Gasteiger partial charge in [0, 0.05) is 12.3 Å². The van der Waals surface area contributed by atoms with Crippen LogP contribution in [0.25, 0.3) is 5.57 Å². The maximum atomic E-state index is 8.62. The number of likely N-dealkylation sites (tertiary alicyclic amines) is 1. The molecule has 108 valence electrons. The molecule has 1 aliphatic heterocycles. The zero-order valence-electron chi connectivity index (χ0n) is 12.5. The lowest BCUT2D eigenvalue weighted by molar-refractivity contribution is 0.263. The van der Waals surface area contributed by atoms with Gasteiger partial charge in [0.1, 0.15) is 11.8 Å². The van der Waals surface area contributed by atoms with E-state index in [9.17, 15) is 0 Å². The van der Waals surface area contributed by atoms with Gasteiger partial charge < -0.3 is 0 Å². The summed E-state index contributed by atoms with van der Waals surface area (Å²) in [4.78, 5) is 6.47. The summed E-state index contributed by atoms with van der Waals surface area (Å²) in [6.45, 7) is 12.1. The van der Waals surface area contributed by atoms with Gasteiger partial charge in [-0.15, -0.1) is 0 Å². The summed E-state index contributed by atoms with van der Waals surface area (Å²) in [6, 6.07) is 10.8. The Morgan fingerprint density at radius 3 is 2.48 bits per heavy atom. The summed E-state index contributed by atoms with van der Waals surface area (Å²) in [5.41, 5.74) is 3.32. The highest BCUT2D eigenvalue weighted by molar-refractivity contribution is 6.09. The van der Waals surface area contributed by atoms with Crippen molar-refractivity contribution in [3.8, 4) is 6.07 Å². The zero-order valence-corrected chi connectivity index (χ0v) is 12.5. The quantitative estimate of drug-likeness (QED) is 0.604. The molecule has 2 rings (SSSR count). The average Bonchev–Trinajstić information content (AvgIpc) is 3.06. The van der Waals surface area contributed by atoms with E-state index in [1.807, 2.05) is 6.07 Å². The molecule has 0 N–H and O–H groups in total. The van der Waals surface area contributed by atoms with Crippen LogP contribution in [-0.4, -0.2) is 24.2 Å². The van der Waals surface area contributed by atoms with Crippen molar-refractivity contribution in [2.24, 2.45) is 4.99 Å². The van der Waals surface area contributed by atoms with Crippen LogP contribution in [0.5, 0.6) is 0 Å². The van der Waals surface area contributed by atoms with Gasteiger partial charge in [-0.05, 0) is 49.6 Å². The van der Waals surface area contributed by atoms with Crippen molar-refractivity contribution in [3.05, 3.63) is 54.2 Å². The van der Waals surface area contributed by atoms with Crippen LogP contribution in [0.1, 0.15) is 36.9 Å². The first-order chi connectivity index (χ1) is 10.1. The Kier molecular flexibility index (Phi) is 5.08. The van der Waals surface area contributed by atoms with E-state index in [0.717, 1.165) is 11.1 Å². The van der Waals surface area contributed by atoms with Gasteiger partial charge in [-0.2, -0.15) is 5.26 Å². The van der Waals surface area contributed by atoms with Crippen molar-refractivity contribution in [1.29, 1.82) is 5.26 Å². The van der Waals surface area contributed by atoms with Crippen molar-refractivity contribution < 1.29 is 0 Å². The maximum Gasteiger partial charge on any atom is 0.133 e. The minimum absolute atomic E-state index is 0.190. The molecule has 21 heavy (non-hydrogen) atoms. The van der Waals surface area contributed by atoms with Gasteiger partial charge in [0.25, 0.3) is 0 Å². The zero-order chi connectivity index (χ0) is 15.2. The lowest BCUT2D eigenvalue weighted by Gasteiger charge is -2.24. The molecule has 0 aliphatic carbocycles. The lowest BCUT2D eigenvalue weighted by atomic mass is 10.0. The Morgan fingerprint density at radius 2 is 1.90 bits per heavy atom. The fourth-order valence-electron chi connectivity index (χ4n) is 2.57. The average molecular weight is 279 g/mol. The number of nitriles is 1. The normalized spacial score (nSPS) is 16.8. The molecule has 3 heteroatoms. The third kappa shape index (κ3) is 3.90. The number of aliphatic imine (C=N–C) groups is 1. The molecule has 1 unspecified atom stereocenters. The third-order valence-corrected chi connectivity index (χ3v) is 3.96. The summed E-state index contributed by atoms with van der Waals surface area (Å²) in [5, 5.41) is 8.62. The van der Waals surface area contributed by atoms with Crippen LogP contribution in [0.3, 0.4) is 0 Å². The number of allylic oxidation sites excluding steroid dienone is 2. The van der Waals surface area contributed by atoms with Crippen molar-refractivity contribution in [1.82, 2.24) is 4.90 Å². The van der Waals surface area contributed by atoms with Crippen LogP contribution in [-0.2, 0) is 0 Å². The molecule has 1 atom stereocenters. The van der Waals surface area contributed by atoms with Gasteiger partial charge in [-0.3, -0.25) is 4.90 Å². The van der Waals surface area contributed by atoms with Crippen LogP contribution < -0.4 is 0 Å². The molecule has 1 aromatic rings. The van der Waals surface area contributed by atoms with Gasteiger partial charge in [0.15, 0.2) is 0 Å². The predicted molar refractivity (Wildman–Crippen MR) is 87.9 cm³/mol. The van der Waals surface area contributed by atoms with Gasteiger partial charge in [0.05, 0.1) is 0 Å². The Bertz CT molecular complexity index is 584. The van der Waals surface area contributed by atoms with Gasteiger partial charge in [-0.25, -0.2) is 4.99 Å². The monoisotopic (exact) mass is 279 g/mol. The first-order valence-corrected chi connectivity index (χ1v) is 7.28. The van der Waals surface area contributed by atoms with Crippen molar-refractivity contribution in [2.75, 3.05) is 13.1 Å². The van der Waals surface area contributed by atoms with Crippen LogP contribution >= 0.6 is 0 Å². The van der Waals surface area contributed by atoms with Crippen LogP contribution in [0.4, 0.5) is 0 Å². The molecule has 0 spiro atoms. The molecule has 0 amide bonds. The molecule has 3 nitrogen and oxygen atoms in total. The second-order valence-corrected chi connectivity index (χ2v) is 5.38. The maximum absolute atomic E-state index is 8.62. The highest BCUT2D eigenvalue weighted by Crippen LogP contribution is 2.25. The standard InChI is InChI=1S/C18H21N3/c1-14(13-20-15(2)12-19)17-6-8-18(9-7-17)16(3)21-10-4-5-11-21/h6-9,13,16H,1-2,4-5,10-11H2,3H3. The molecular weight excluding hydrogens is 258 g/mol. The van der Waals surface area contributed by atoms with E-state index in [2.05, 4.69) is 54.2 Å². The summed E-state index contributed by atoms with van der Waals surface area (Å²) in [6.07, 6.45) is 4.20. The van der Waals surface area contributed by atoms with E-state index in [0.29, 0.717) is 6.04 Å². The molecule has 1 aliphatic rings. The molecule has 0 aromatic heterocycles. The summed E-state index contributed by atoms with van der Waals surface area (Å²) in [5.74, 6) is 0. The Labute approximate surface area is 126 Å². The number of hydrogen-bond acceptors (Lipinski definition) is 3. The molecule has 1 saturated heterocycles. The van der Waals surface area contributed by atoms with Crippen molar-refractivity contribution in [3.63, 3.8) is 0 Å². The first-order valence-electron chi connectivity index (χ1n) is 7.28. The summed E-state index contributed by atoms with van der Waals surface area (Å²) in [7, 11) is 0. The highest BCUT2D eigenvalue weighted by Gasteiger charge is 2.19. The molecule has 0 bridgehead atoms. The van der Waals surface area contributed by atoms with Crippen LogP contribution in [0.15, 0.2) is 48.1 Å². The fourth-order valence-corrected chi connectivity index (χ4v) is 2.57. The van der Waals surface area contributed by atoms with E-state index >= 15 is 0 Å². The minimum atomic E-state index is 0.190. The fraction of sp³-hybridized carbons (Fsp3) is 0.333. The Balaban J connectivity index is 2.04. The minimum Gasteiger partial charge on any atom is -0.297 e. The lowest BCUT2D eigenvalue weighted by Crippen LogP contribution is -2.23. The van der Waals surface area contributed by atoms with Crippen molar-refractivity contribution in [2.45, 2.75) is 25.8 Å². The third-order valence-electron chi connectivity index (χ3n) is 3.96. The topological polar surface area (TPSA) is 39.4 Å². The summed E-state index contributed by atoms with van der Waals surface area (Å²) < 4.78 is 0. The van der Waals surface area contributed by atoms with E-state index < -0.39 is 0 Å². The summed E-state index contributed by atoms with van der Waals surface area (Å²) >= 11 is 0. The predicted octanol–water partition coefficient (Wildman–Crippen LogP) is 3.96. The number of rotatable bonds is 5. The first kappa shape index (κ1) is 15.2. The number of hydrogen-bond donors (Lipinski definition) is 0. The second-order valence-electron chi connectivity index (χ2n) is 5.38. The second kappa shape index (κ2) is 7.01. The van der Waals surface area contributed by atoms with E-state index in [4.69, 9.17) is 5.26 Å². The van der Waals surface area contributed by atoms with Crippen molar-refractivity contribution >= 4 is 11.8 Å². The molecule has 1 fully saturated rings. The van der Waals surface area contributed by atoms with Gasteiger partial charge >= 0.3 is 0 Å². The smallest absolute Gasteiger partial charge is 0.133 e. The van der Waals surface area contributed by atoms with E-state index in [1.165, 1.54) is 31.5 Å². The number of benzene rings is 1. The molecule has 0 saturated carbocycles.